The van der Waals surface area contributed by atoms with Gasteiger partial charge in [0.1, 0.15) is 16.8 Å². The molecule has 0 aliphatic carbocycles. The van der Waals surface area contributed by atoms with E-state index in [9.17, 15) is 18.9 Å². The number of amides is 1. The first kappa shape index (κ1) is 12.4. The zero-order chi connectivity index (χ0) is 12.8. The third kappa shape index (κ3) is 1.57. The summed E-state index contributed by atoms with van der Waals surface area (Å²) in [5, 5.41) is 19.1. The van der Waals surface area contributed by atoms with Crippen LogP contribution in [0.4, 0.5) is 0 Å². The molecule has 2 fully saturated rings. The number of carboxylic acids is 1. The molecule has 0 spiro atoms. The van der Waals surface area contributed by atoms with Gasteiger partial charge in [0.25, 0.3) is 0 Å². The topological polar surface area (TPSA) is 98.5 Å². The Morgan fingerprint density at radius 3 is 2.94 bits per heavy atom. The van der Waals surface area contributed by atoms with E-state index >= 15 is 0 Å². The fourth-order valence-corrected chi connectivity index (χ4v) is 5.24. The third-order valence-electron chi connectivity index (χ3n) is 3.17. The molecule has 0 aromatic heterocycles. The van der Waals surface area contributed by atoms with E-state index in [0.717, 1.165) is 11.8 Å². The average Bonchev–Trinajstić information content (AvgIpc) is 2.44. The van der Waals surface area contributed by atoms with Crippen LogP contribution >= 0.6 is 11.8 Å². The molecule has 1 N–H and O–H groups in total. The molecule has 2 saturated heterocycles. The number of carbonyl (C=O) groups excluding carboxylic acids is 1. The summed E-state index contributed by atoms with van der Waals surface area (Å²) in [6, 6.07) is -1.09. The maximum absolute atomic E-state index is 12.2. The second-order valence-corrected chi connectivity index (χ2v) is 7.02. The van der Waals surface area contributed by atoms with Gasteiger partial charge in [0.05, 0.1) is 22.0 Å². The molecule has 2 rings (SSSR count). The molecule has 2 aliphatic heterocycles. The standard InChI is InChI=1S/C9H10N2O4S2/c1-9(3-16-4-10)7(8(13)14)11-5(12)2-6(11)17(9)15/h6-7H,2-3H2,1H3,(H,13,14)/t6-,7+,9+,17?/m1/s1. The summed E-state index contributed by atoms with van der Waals surface area (Å²) in [5.74, 6) is -1.29. The number of carboxylic acid groups (broad SMARTS) is 1. The van der Waals surface area contributed by atoms with Gasteiger partial charge in [-0.3, -0.25) is 9.00 Å². The molecule has 92 valence electrons. The van der Waals surface area contributed by atoms with Gasteiger partial charge in [-0.1, -0.05) is 0 Å². The largest absolute Gasteiger partial charge is 0.480 e. The lowest BCUT2D eigenvalue weighted by Crippen LogP contribution is -2.57. The molecule has 6 nitrogen and oxygen atoms in total. The van der Waals surface area contributed by atoms with Crippen LogP contribution in [-0.4, -0.2) is 48.0 Å². The van der Waals surface area contributed by atoms with Crippen LogP contribution in [0, 0.1) is 10.7 Å². The number of fused-ring (bicyclic) bond motifs is 1. The van der Waals surface area contributed by atoms with E-state index in [1.54, 1.807) is 6.92 Å². The highest BCUT2D eigenvalue weighted by Crippen LogP contribution is 2.44. The van der Waals surface area contributed by atoms with Crippen LogP contribution in [-0.2, 0) is 20.4 Å². The van der Waals surface area contributed by atoms with E-state index in [1.165, 1.54) is 4.90 Å². The lowest BCUT2D eigenvalue weighted by atomic mass is 9.98. The molecule has 1 unspecified atom stereocenters. The van der Waals surface area contributed by atoms with Crippen molar-refractivity contribution in [2.75, 3.05) is 5.75 Å². The number of nitrogens with zero attached hydrogens (tertiary/aromatic N) is 2. The molecule has 4 atom stereocenters. The Labute approximate surface area is 104 Å². The first-order valence-corrected chi connectivity index (χ1v) is 7.09. The van der Waals surface area contributed by atoms with Gasteiger partial charge in [-0.15, -0.1) is 0 Å². The van der Waals surface area contributed by atoms with Crippen LogP contribution in [0.25, 0.3) is 0 Å². The summed E-state index contributed by atoms with van der Waals surface area (Å²) in [6.45, 7) is 1.57. The highest BCUT2D eigenvalue weighted by atomic mass is 32.2. The summed E-state index contributed by atoms with van der Waals surface area (Å²) in [4.78, 5) is 23.8. The van der Waals surface area contributed by atoms with Crippen molar-refractivity contribution >= 4 is 34.4 Å². The Morgan fingerprint density at radius 1 is 1.82 bits per heavy atom. The number of β-lactam (4-membered cyclic amide) rings is 1. The normalized spacial score (nSPS) is 39.4. The number of thioether (sulfide) groups is 1. The summed E-state index contributed by atoms with van der Waals surface area (Å²) in [6.07, 6.45) is 0.142. The lowest BCUT2D eigenvalue weighted by molar-refractivity contribution is -0.157. The fraction of sp³-hybridized carbons (Fsp3) is 0.667. The van der Waals surface area contributed by atoms with E-state index in [2.05, 4.69) is 0 Å². The molecular formula is C9H10N2O4S2. The van der Waals surface area contributed by atoms with Gasteiger partial charge >= 0.3 is 5.97 Å². The number of nitriles is 1. The molecule has 1 amide bonds. The van der Waals surface area contributed by atoms with Gasteiger partial charge in [-0.25, -0.2) is 4.79 Å². The SMILES string of the molecule is C[C@]1(CSC#N)[C@H](C(=O)O)N2C(=O)C[C@H]2S1=O. The monoisotopic (exact) mass is 274 g/mol. The summed E-state index contributed by atoms with van der Waals surface area (Å²) in [7, 11) is -1.43. The highest BCUT2D eigenvalue weighted by molar-refractivity contribution is 8.04. The molecule has 0 aromatic carbocycles. The van der Waals surface area contributed by atoms with Crippen molar-refractivity contribution < 1.29 is 18.9 Å². The Kier molecular flexibility index (Phi) is 2.91. The zero-order valence-corrected chi connectivity index (χ0v) is 10.6. The molecule has 2 heterocycles. The molecule has 0 radical (unpaired) electrons. The fourth-order valence-electron chi connectivity index (χ4n) is 2.30. The molecule has 2 aliphatic rings. The van der Waals surface area contributed by atoms with Crippen LogP contribution in [0.2, 0.25) is 0 Å². The molecule has 17 heavy (non-hydrogen) atoms. The van der Waals surface area contributed by atoms with Crippen molar-refractivity contribution in [3.63, 3.8) is 0 Å². The van der Waals surface area contributed by atoms with E-state index in [-0.39, 0.29) is 18.1 Å². The third-order valence-corrected chi connectivity index (χ3v) is 6.40. The quantitative estimate of drug-likeness (QED) is 0.562. The van der Waals surface area contributed by atoms with Gasteiger partial charge in [-0.05, 0) is 18.7 Å². The molecule has 8 heteroatoms. The minimum absolute atomic E-state index is 0.142. The van der Waals surface area contributed by atoms with Crippen molar-refractivity contribution in [1.29, 1.82) is 5.26 Å². The number of carbonyl (C=O) groups is 2. The number of aliphatic carboxylic acids is 1. The highest BCUT2D eigenvalue weighted by Gasteiger charge is 2.64. The first-order chi connectivity index (χ1) is 7.93. The predicted molar refractivity (Wildman–Crippen MR) is 61.3 cm³/mol. The summed E-state index contributed by atoms with van der Waals surface area (Å²) >= 11 is 0.873. The maximum atomic E-state index is 12.2. The van der Waals surface area contributed by atoms with Crippen LogP contribution in [0.1, 0.15) is 13.3 Å². The maximum Gasteiger partial charge on any atom is 0.328 e. The van der Waals surface area contributed by atoms with Crippen molar-refractivity contribution in [1.82, 2.24) is 4.90 Å². The van der Waals surface area contributed by atoms with Crippen LogP contribution in [0.5, 0.6) is 0 Å². The Hall–Kier alpha value is -1.07. The number of hydrogen-bond acceptors (Lipinski definition) is 5. The van der Waals surface area contributed by atoms with Gasteiger partial charge in [0.15, 0.2) is 0 Å². The van der Waals surface area contributed by atoms with Crippen molar-refractivity contribution in [3.05, 3.63) is 0 Å². The zero-order valence-electron chi connectivity index (χ0n) is 8.95. The first-order valence-electron chi connectivity index (χ1n) is 4.89. The van der Waals surface area contributed by atoms with Crippen molar-refractivity contribution in [2.45, 2.75) is 29.5 Å². The molecular weight excluding hydrogens is 264 g/mol. The number of thiocyanates is 1. The van der Waals surface area contributed by atoms with Crippen LogP contribution in [0.15, 0.2) is 0 Å². The molecule has 0 bridgehead atoms. The predicted octanol–water partition coefficient (Wildman–Crippen LogP) is -0.267. The van der Waals surface area contributed by atoms with E-state index in [1.807, 2.05) is 5.40 Å². The van der Waals surface area contributed by atoms with Gasteiger partial charge in [0.2, 0.25) is 5.91 Å². The summed E-state index contributed by atoms with van der Waals surface area (Å²) < 4.78 is 11.1. The van der Waals surface area contributed by atoms with Crippen LogP contribution in [0.3, 0.4) is 0 Å². The smallest absolute Gasteiger partial charge is 0.328 e. The van der Waals surface area contributed by atoms with Gasteiger partial charge < -0.3 is 10.0 Å². The van der Waals surface area contributed by atoms with Gasteiger partial charge in [-0.2, -0.15) is 5.26 Å². The van der Waals surface area contributed by atoms with E-state index < -0.39 is 32.9 Å². The molecule has 0 aromatic rings. The Morgan fingerprint density at radius 2 is 2.47 bits per heavy atom. The van der Waals surface area contributed by atoms with Crippen LogP contribution < -0.4 is 0 Å². The summed E-state index contributed by atoms with van der Waals surface area (Å²) in [5.41, 5.74) is 0. The second kappa shape index (κ2) is 3.99. The van der Waals surface area contributed by atoms with Crippen molar-refractivity contribution in [2.24, 2.45) is 0 Å². The van der Waals surface area contributed by atoms with E-state index in [4.69, 9.17) is 5.26 Å². The Balaban J connectivity index is 2.36. The van der Waals surface area contributed by atoms with Crippen molar-refractivity contribution in [3.8, 4) is 5.40 Å². The minimum atomic E-state index is -1.43. The minimum Gasteiger partial charge on any atom is -0.480 e. The van der Waals surface area contributed by atoms with Gasteiger partial charge in [0, 0.05) is 5.75 Å². The molecule has 0 saturated carbocycles. The number of rotatable bonds is 3. The van der Waals surface area contributed by atoms with E-state index in [0.29, 0.717) is 0 Å². The lowest BCUT2D eigenvalue weighted by Gasteiger charge is -2.36. The number of hydrogen-bond donors (Lipinski definition) is 1. The second-order valence-electron chi connectivity index (χ2n) is 4.19. The Bertz CT molecular complexity index is 460. The average molecular weight is 274 g/mol.